The van der Waals surface area contributed by atoms with E-state index in [0.29, 0.717) is 11.4 Å². The summed E-state index contributed by atoms with van der Waals surface area (Å²) in [7, 11) is 0. The van der Waals surface area contributed by atoms with Crippen molar-refractivity contribution in [2.75, 3.05) is 10.6 Å². The van der Waals surface area contributed by atoms with Crippen LogP contribution in [-0.4, -0.2) is 5.91 Å². The molecule has 0 spiro atoms. The average molecular weight is 293 g/mol. The number of benzene rings is 1. The predicted molar refractivity (Wildman–Crippen MR) is 82.1 cm³/mol. The molecule has 2 N–H and O–H groups in total. The Morgan fingerprint density at radius 2 is 1.73 bits per heavy atom. The van der Waals surface area contributed by atoms with Crippen LogP contribution >= 0.6 is 0 Å². The van der Waals surface area contributed by atoms with Crippen molar-refractivity contribution >= 4 is 17.3 Å². The van der Waals surface area contributed by atoms with E-state index in [0.717, 1.165) is 5.56 Å². The van der Waals surface area contributed by atoms with E-state index in [1.54, 1.807) is 50.3 Å². The Bertz CT molecular complexity index is 725. The highest BCUT2D eigenvalue weighted by molar-refractivity contribution is 5.92. The van der Waals surface area contributed by atoms with Gasteiger partial charge in [0.25, 0.3) is 0 Å². The minimum absolute atomic E-state index is 0.124. The summed E-state index contributed by atoms with van der Waals surface area (Å²) in [5, 5.41) is 32.2. The molecule has 0 fully saturated rings. The standard InChI is InChI=1S/C16H15N5O/c1-10(2)16(22)20-13-5-4-11(3)14(6-13)21-15(9-19)12(7-17)8-18/h4-6,10,21H,1-3H3,(H,20,22). The smallest absolute Gasteiger partial charge is 0.226 e. The second kappa shape index (κ2) is 7.47. The fourth-order valence-electron chi connectivity index (χ4n) is 1.54. The normalized spacial score (nSPS) is 9.14. The van der Waals surface area contributed by atoms with Gasteiger partial charge in [-0.25, -0.2) is 0 Å². The predicted octanol–water partition coefficient (Wildman–Crippen LogP) is 2.83. The molecule has 0 unspecified atom stereocenters. The van der Waals surface area contributed by atoms with Crippen molar-refractivity contribution in [1.29, 1.82) is 15.8 Å². The SMILES string of the molecule is Cc1ccc(NC(=O)C(C)C)cc1NC(C#N)=C(C#N)C#N. The van der Waals surface area contributed by atoms with Gasteiger partial charge in [-0.1, -0.05) is 19.9 Å². The van der Waals surface area contributed by atoms with E-state index >= 15 is 0 Å². The van der Waals surface area contributed by atoms with Gasteiger partial charge in [-0.15, -0.1) is 0 Å². The van der Waals surface area contributed by atoms with Crippen molar-refractivity contribution in [2.45, 2.75) is 20.8 Å². The molecule has 0 aliphatic heterocycles. The average Bonchev–Trinajstić information content (AvgIpc) is 2.50. The van der Waals surface area contributed by atoms with Crippen LogP contribution in [0, 0.1) is 46.8 Å². The van der Waals surface area contributed by atoms with Crippen molar-refractivity contribution in [3.05, 3.63) is 35.0 Å². The fraction of sp³-hybridized carbons (Fsp3) is 0.250. The third-order valence-electron chi connectivity index (χ3n) is 2.87. The number of hydrogen-bond donors (Lipinski definition) is 2. The maximum absolute atomic E-state index is 11.7. The summed E-state index contributed by atoms with van der Waals surface area (Å²) < 4.78 is 0. The lowest BCUT2D eigenvalue weighted by atomic mass is 10.1. The van der Waals surface area contributed by atoms with Crippen LogP contribution in [-0.2, 0) is 4.79 Å². The van der Waals surface area contributed by atoms with Crippen LogP contribution in [0.4, 0.5) is 11.4 Å². The molecule has 1 aromatic carbocycles. The first-order valence-electron chi connectivity index (χ1n) is 6.56. The number of carbonyl (C=O) groups excluding carboxylic acids is 1. The van der Waals surface area contributed by atoms with Gasteiger partial charge in [0.15, 0.2) is 5.57 Å². The van der Waals surface area contributed by atoms with Crippen LogP contribution in [0.15, 0.2) is 29.5 Å². The van der Waals surface area contributed by atoms with E-state index in [9.17, 15) is 4.79 Å². The Morgan fingerprint density at radius 1 is 1.09 bits per heavy atom. The number of anilines is 2. The summed E-state index contributed by atoms with van der Waals surface area (Å²) in [5.41, 5.74) is 1.50. The van der Waals surface area contributed by atoms with Crippen molar-refractivity contribution in [3.8, 4) is 18.2 Å². The van der Waals surface area contributed by atoms with Gasteiger partial charge in [-0.05, 0) is 24.6 Å². The number of nitrogens with one attached hydrogen (secondary N) is 2. The third-order valence-corrected chi connectivity index (χ3v) is 2.87. The molecule has 0 saturated carbocycles. The van der Waals surface area contributed by atoms with Crippen molar-refractivity contribution < 1.29 is 4.79 Å². The monoisotopic (exact) mass is 293 g/mol. The van der Waals surface area contributed by atoms with Gasteiger partial charge in [0.1, 0.15) is 23.9 Å². The van der Waals surface area contributed by atoms with Gasteiger partial charge >= 0.3 is 0 Å². The number of nitrogens with zero attached hydrogens (tertiary/aromatic N) is 3. The Hall–Kier alpha value is -3.30. The molecule has 6 heteroatoms. The van der Waals surface area contributed by atoms with Gasteiger partial charge in [0, 0.05) is 17.3 Å². The zero-order chi connectivity index (χ0) is 16.7. The number of nitriles is 3. The van der Waals surface area contributed by atoms with E-state index in [-0.39, 0.29) is 23.1 Å². The lowest BCUT2D eigenvalue weighted by Crippen LogP contribution is -2.17. The second-order valence-corrected chi connectivity index (χ2v) is 4.88. The van der Waals surface area contributed by atoms with Crippen LogP contribution in [0.2, 0.25) is 0 Å². The first kappa shape index (κ1) is 16.8. The Labute approximate surface area is 129 Å². The molecule has 0 saturated heterocycles. The molecule has 0 aliphatic carbocycles. The van der Waals surface area contributed by atoms with E-state index < -0.39 is 0 Å². The molecule has 0 bridgehead atoms. The van der Waals surface area contributed by atoms with E-state index in [1.165, 1.54) is 0 Å². The minimum Gasteiger partial charge on any atom is -0.345 e. The molecular weight excluding hydrogens is 278 g/mol. The van der Waals surface area contributed by atoms with Crippen molar-refractivity contribution in [1.82, 2.24) is 0 Å². The van der Waals surface area contributed by atoms with Crippen molar-refractivity contribution in [3.63, 3.8) is 0 Å². The largest absolute Gasteiger partial charge is 0.345 e. The first-order valence-corrected chi connectivity index (χ1v) is 6.56. The molecular formula is C16H15N5O. The van der Waals surface area contributed by atoms with Gasteiger partial charge in [-0.2, -0.15) is 15.8 Å². The zero-order valence-corrected chi connectivity index (χ0v) is 12.6. The molecule has 0 atom stereocenters. The van der Waals surface area contributed by atoms with Crippen LogP contribution < -0.4 is 10.6 Å². The van der Waals surface area contributed by atoms with E-state index in [2.05, 4.69) is 10.6 Å². The van der Waals surface area contributed by atoms with Crippen LogP contribution in [0.3, 0.4) is 0 Å². The van der Waals surface area contributed by atoms with E-state index in [4.69, 9.17) is 15.8 Å². The molecule has 110 valence electrons. The van der Waals surface area contributed by atoms with Gasteiger partial charge in [0.2, 0.25) is 5.91 Å². The molecule has 0 aliphatic rings. The van der Waals surface area contributed by atoms with Crippen molar-refractivity contribution in [2.24, 2.45) is 5.92 Å². The maximum atomic E-state index is 11.7. The van der Waals surface area contributed by atoms with Gasteiger partial charge in [-0.3, -0.25) is 4.79 Å². The number of rotatable bonds is 4. The summed E-state index contributed by atoms with van der Waals surface area (Å²) in [5.74, 6) is -0.281. The topological polar surface area (TPSA) is 112 Å². The number of amides is 1. The van der Waals surface area contributed by atoms with Gasteiger partial charge < -0.3 is 10.6 Å². The summed E-state index contributed by atoms with van der Waals surface area (Å²) in [6, 6.07) is 10.3. The molecule has 1 amide bonds. The molecule has 1 rings (SSSR count). The Morgan fingerprint density at radius 3 is 2.23 bits per heavy atom. The summed E-state index contributed by atoms with van der Waals surface area (Å²) in [6.07, 6.45) is 0. The highest BCUT2D eigenvalue weighted by Gasteiger charge is 2.11. The zero-order valence-electron chi connectivity index (χ0n) is 12.6. The highest BCUT2D eigenvalue weighted by Crippen LogP contribution is 2.22. The summed E-state index contributed by atoms with van der Waals surface area (Å²) in [4.78, 5) is 11.7. The molecule has 0 heterocycles. The number of hydrogen-bond acceptors (Lipinski definition) is 5. The highest BCUT2D eigenvalue weighted by atomic mass is 16.1. The fourth-order valence-corrected chi connectivity index (χ4v) is 1.54. The molecule has 22 heavy (non-hydrogen) atoms. The number of allylic oxidation sites excluding steroid dienone is 2. The number of carbonyl (C=O) groups is 1. The van der Waals surface area contributed by atoms with Crippen LogP contribution in [0.1, 0.15) is 19.4 Å². The third kappa shape index (κ3) is 4.10. The molecule has 1 aromatic rings. The first-order chi connectivity index (χ1) is 10.4. The van der Waals surface area contributed by atoms with E-state index in [1.807, 2.05) is 6.92 Å². The van der Waals surface area contributed by atoms with Gasteiger partial charge in [0.05, 0.1) is 0 Å². The van der Waals surface area contributed by atoms with Crippen LogP contribution in [0.5, 0.6) is 0 Å². The maximum Gasteiger partial charge on any atom is 0.226 e. The molecule has 6 nitrogen and oxygen atoms in total. The Balaban J connectivity index is 3.14. The van der Waals surface area contributed by atoms with Crippen LogP contribution in [0.25, 0.3) is 0 Å². The second-order valence-electron chi connectivity index (χ2n) is 4.88. The lowest BCUT2D eigenvalue weighted by molar-refractivity contribution is -0.118. The minimum atomic E-state index is -0.293. The molecule has 0 radical (unpaired) electrons. The molecule has 0 aromatic heterocycles. The number of aryl methyl sites for hydroxylation is 1. The summed E-state index contributed by atoms with van der Waals surface area (Å²) >= 11 is 0. The quantitative estimate of drug-likeness (QED) is 0.829. The Kier molecular flexibility index (Phi) is 5.69. The lowest BCUT2D eigenvalue weighted by Gasteiger charge is -2.12. The summed E-state index contributed by atoms with van der Waals surface area (Å²) in [6.45, 7) is 5.38.